The van der Waals surface area contributed by atoms with Crippen LogP contribution in [0.1, 0.15) is 53.4 Å². The average Bonchev–Trinajstić information content (AvgIpc) is 2.75. The van der Waals surface area contributed by atoms with E-state index in [0.29, 0.717) is 5.92 Å². The number of thiazole rings is 1. The van der Waals surface area contributed by atoms with Crippen LogP contribution in [0.3, 0.4) is 0 Å². The Kier molecular flexibility index (Phi) is 3.66. The Morgan fingerprint density at radius 2 is 2.00 bits per heavy atom. The summed E-state index contributed by atoms with van der Waals surface area (Å²) in [4.78, 5) is 18.3. The fourth-order valence-electron chi connectivity index (χ4n) is 2.31. The second-order valence-corrected chi connectivity index (χ2v) is 5.75. The minimum absolute atomic E-state index is 0.269. The smallest absolute Gasteiger partial charge is 0.355 e. The number of nitrogens with zero attached hydrogens (tertiary/aromatic N) is 2. The number of hydrogen-bond donors (Lipinski definition) is 1. The van der Waals surface area contributed by atoms with E-state index in [-0.39, 0.29) is 5.69 Å². The Bertz CT molecular complexity index is 409. The molecule has 0 atom stereocenters. The Morgan fingerprint density at radius 1 is 1.35 bits per heavy atom. The lowest BCUT2D eigenvalue weighted by Gasteiger charge is -2.20. The van der Waals surface area contributed by atoms with Gasteiger partial charge in [0.25, 0.3) is 0 Å². The minimum Gasteiger partial charge on any atom is -0.476 e. The summed E-state index contributed by atoms with van der Waals surface area (Å²) in [6.07, 6.45) is 5.90. The highest BCUT2D eigenvalue weighted by Gasteiger charge is 2.26. The van der Waals surface area contributed by atoms with Crippen molar-refractivity contribution in [3.8, 4) is 0 Å². The van der Waals surface area contributed by atoms with Crippen LogP contribution in [0.2, 0.25) is 0 Å². The van der Waals surface area contributed by atoms with Crippen molar-refractivity contribution in [3.63, 3.8) is 0 Å². The Morgan fingerprint density at radius 3 is 2.53 bits per heavy atom. The van der Waals surface area contributed by atoms with Crippen molar-refractivity contribution in [1.82, 2.24) is 4.98 Å². The van der Waals surface area contributed by atoms with Crippen molar-refractivity contribution >= 4 is 22.4 Å². The highest BCUT2D eigenvalue weighted by atomic mass is 32.1. The van der Waals surface area contributed by atoms with Crippen molar-refractivity contribution in [2.45, 2.75) is 38.0 Å². The van der Waals surface area contributed by atoms with Gasteiger partial charge in [0.05, 0.1) is 0 Å². The van der Waals surface area contributed by atoms with Crippen LogP contribution >= 0.6 is 11.3 Å². The second-order valence-electron chi connectivity index (χ2n) is 4.74. The van der Waals surface area contributed by atoms with Gasteiger partial charge in [-0.15, -0.1) is 11.3 Å². The maximum absolute atomic E-state index is 11.2. The van der Waals surface area contributed by atoms with E-state index in [4.69, 9.17) is 0 Å². The summed E-state index contributed by atoms with van der Waals surface area (Å²) >= 11 is 1.54. The fourth-order valence-corrected chi connectivity index (χ4v) is 3.45. The topological polar surface area (TPSA) is 53.4 Å². The van der Waals surface area contributed by atoms with Crippen LogP contribution < -0.4 is 4.90 Å². The van der Waals surface area contributed by atoms with E-state index in [1.165, 1.54) is 30.6 Å². The zero-order valence-electron chi connectivity index (χ0n) is 10.3. The molecule has 1 aromatic rings. The summed E-state index contributed by atoms with van der Waals surface area (Å²) in [7, 11) is 3.80. The number of aromatic carboxylic acids is 1. The fraction of sp³-hybridized carbons (Fsp3) is 0.667. The van der Waals surface area contributed by atoms with Gasteiger partial charge in [0.1, 0.15) is 0 Å². The number of carboxylic acids is 1. The molecule has 0 spiro atoms. The van der Waals surface area contributed by atoms with Gasteiger partial charge in [-0.1, -0.05) is 19.3 Å². The molecule has 94 valence electrons. The molecule has 1 aliphatic carbocycles. The molecule has 0 aromatic carbocycles. The molecule has 0 bridgehead atoms. The van der Waals surface area contributed by atoms with Crippen molar-refractivity contribution in [3.05, 3.63) is 10.6 Å². The molecule has 17 heavy (non-hydrogen) atoms. The molecule has 4 nitrogen and oxygen atoms in total. The third-order valence-corrected chi connectivity index (χ3v) is 4.59. The van der Waals surface area contributed by atoms with Crippen LogP contribution in [0.4, 0.5) is 5.13 Å². The van der Waals surface area contributed by atoms with Gasteiger partial charge in [0, 0.05) is 19.0 Å². The van der Waals surface area contributed by atoms with Crippen molar-refractivity contribution in [1.29, 1.82) is 0 Å². The van der Waals surface area contributed by atoms with Crippen LogP contribution in [0.15, 0.2) is 0 Å². The van der Waals surface area contributed by atoms with E-state index in [2.05, 4.69) is 4.98 Å². The van der Waals surface area contributed by atoms with Gasteiger partial charge in [-0.2, -0.15) is 0 Å². The summed E-state index contributed by atoms with van der Waals surface area (Å²) in [6.45, 7) is 0. The Hall–Kier alpha value is -1.10. The first-order valence-electron chi connectivity index (χ1n) is 6.01. The summed E-state index contributed by atoms with van der Waals surface area (Å²) in [5.41, 5.74) is 0.269. The standard InChI is InChI=1S/C12H18N2O2S/c1-14(2)12-13-9(11(15)16)10(17-12)8-6-4-3-5-7-8/h8H,3-7H2,1-2H3,(H,15,16). The molecule has 1 N–H and O–H groups in total. The number of carbonyl (C=O) groups is 1. The normalized spacial score (nSPS) is 17.1. The lowest BCUT2D eigenvalue weighted by Crippen LogP contribution is -2.10. The van der Waals surface area contributed by atoms with Gasteiger partial charge in [-0.05, 0) is 18.8 Å². The largest absolute Gasteiger partial charge is 0.476 e. The predicted octanol–water partition coefficient (Wildman–Crippen LogP) is 2.96. The minimum atomic E-state index is -0.894. The van der Waals surface area contributed by atoms with Gasteiger partial charge in [-0.3, -0.25) is 0 Å². The second kappa shape index (κ2) is 5.04. The maximum Gasteiger partial charge on any atom is 0.355 e. The van der Waals surface area contributed by atoms with Crippen LogP contribution in [0.5, 0.6) is 0 Å². The Labute approximate surface area is 105 Å². The van der Waals surface area contributed by atoms with Crippen LogP contribution in [0, 0.1) is 0 Å². The van der Waals surface area contributed by atoms with Gasteiger partial charge < -0.3 is 10.0 Å². The van der Waals surface area contributed by atoms with Gasteiger partial charge >= 0.3 is 5.97 Å². The number of hydrogen-bond acceptors (Lipinski definition) is 4. The van der Waals surface area contributed by atoms with Crippen molar-refractivity contribution in [2.24, 2.45) is 0 Å². The number of carboxylic acid groups (broad SMARTS) is 1. The van der Waals surface area contributed by atoms with Crippen molar-refractivity contribution in [2.75, 3.05) is 19.0 Å². The first-order valence-corrected chi connectivity index (χ1v) is 6.82. The van der Waals surface area contributed by atoms with Gasteiger partial charge in [-0.25, -0.2) is 9.78 Å². The third-order valence-electron chi connectivity index (χ3n) is 3.20. The SMILES string of the molecule is CN(C)c1nc(C(=O)O)c(C2CCCCC2)s1. The lowest BCUT2D eigenvalue weighted by molar-refractivity contribution is 0.0689. The molecule has 0 saturated heterocycles. The first kappa shape index (κ1) is 12.4. The van der Waals surface area contributed by atoms with E-state index < -0.39 is 5.97 Å². The molecule has 2 rings (SSSR count). The quantitative estimate of drug-likeness (QED) is 0.901. The highest BCUT2D eigenvalue weighted by Crippen LogP contribution is 2.39. The molecule has 1 heterocycles. The van der Waals surface area contributed by atoms with E-state index in [1.807, 2.05) is 19.0 Å². The summed E-state index contributed by atoms with van der Waals surface area (Å²) in [5, 5.41) is 10.0. The molecule has 5 heteroatoms. The predicted molar refractivity (Wildman–Crippen MR) is 69.2 cm³/mol. The lowest BCUT2D eigenvalue weighted by atomic mass is 9.87. The number of aromatic nitrogens is 1. The zero-order valence-corrected chi connectivity index (χ0v) is 11.1. The Balaban J connectivity index is 2.32. The van der Waals surface area contributed by atoms with E-state index in [9.17, 15) is 9.90 Å². The summed E-state index contributed by atoms with van der Waals surface area (Å²) in [6, 6.07) is 0. The summed E-state index contributed by atoms with van der Waals surface area (Å²) in [5.74, 6) is -0.490. The zero-order chi connectivity index (χ0) is 12.4. The van der Waals surface area contributed by atoms with E-state index >= 15 is 0 Å². The molecular formula is C12H18N2O2S. The molecule has 1 saturated carbocycles. The maximum atomic E-state index is 11.2. The third kappa shape index (κ3) is 2.60. The van der Waals surface area contributed by atoms with Crippen molar-refractivity contribution < 1.29 is 9.90 Å². The number of anilines is 1. The van der Waals surface area contributed by atoms with Crippen LogP contribution in [0.25, 0.3) is 0 Å². The van der Waals surface area contributed by atoms with Crippen LogP contribution in [-0.2, 0) is 0 Å². The van der Waals surface area contributed by atoms with E-state index in [0.717, 1.165) is 22.9 Å². The summed E-state index contributed by atoms with van der Waals surface area (Å²) < 4.78 is 0. The molecule has 1 aliphatic rings. The monoisotopic (exact) mass is 254 g/mol. The first-order chi connectivity index (χ1) is 8.09. The molecule has 1 fully saturated rings. The highest BCUT2D eigenvalue weighted by molar-refractivity contribution is 7.16. The molecular weight excluding hydrogens is 236 g/mol. The van der Waals surface area contributed by atoms with Gasteiger partial charge in [0.2, 0.25) is 0 Å². The molecule has 0 amide bonds. The van der Waals surface area contributed by atoms with E-state index in [1.54, 1.807) is 0 Å². The molecule has 0 aliphatic heterocycles. The number of rotatable bonds is 3. The molecule has 1 aromatic heterocycles. The molecule has 0 radical (unpaired) electrons. The average molecular weight is 254 g/mol. The van der Waals surface area contributed by atoms with Crippen LogP contribution in [-0.4, -0.2) is 30.2 Å². The molecule has 0 unspecified atom stereocenters. The van der Waals surface area contributed by atoms with Gasteiger partial charge in [0.15, 0.2) is 10.8 Å².